The second kappa shape index (κ2) is 11.2. The van der Waals surface area contributed by atoms with Gasteiger partial charge in [-0.2, -0.15) is 0 Å². The number of pyridine rings is 1. The molecular weight excluding hydrogens is 393 g/mol. The van der Waals surface area contributed by atoms with E-state index in [0.29, 0.717) is 5.88 Å². The molecule has 132 valence electrons. The molecule has 0 aliphatic rings. The molecule has 0 spiro atoms. The van der Waals surface area contributed by atoms with Gasteiger partial charge in [-0.05, 0) is 0 Å². The fourth-order valence-corrected chi connectivity index (χ4v) is 18.7. The summed E-state index contributed by atoms with van der Waals surface area (Å²) in [6.07, 6.45) is 7.84. The number of nitrogens with zero attached hydrogens (tertiary/aromatic N) is 1. The van der Waals surface area contributed by atoms with Crippen LogP contribution < -0.4 is 13.2 Å². The molecule has 0 aromatic carbocycles. The zero-order chi connectivity index (χ0) is 17.1. The van der Waals surface area contributed by atoms with Gasteiger partial charge in [0.1, 0.15) is 0 Å². The number of unbranched alkanes of at least 4 members (excludes halogenated alkanes) is 3. The number of ether oxygens (including phenoxy) is 2. The molecule has 0 amide bonds. The van der Waals surface area contributed by atoms with Gasteiger partial charge in [-0.1, -0.05) is 0 Å². The third-order valence-electron chi connectivity index (χ3n) is 4.79. The van der Waals surface area contributed by atoms with Crippen LogP contribution in [0.5, 0.6) is 11.6 Å². The predicted molar refractivity (Wildman–Crippen MR) is 102 cm³/mol. The van der Waals surface area contributed by atoms with Crippen LogP contribution in [0.3, 0.4) is 0 Å². The maximum absolute atomic E-state index is 5.52. The molecule has 1 heterocycles. The first-order valence-corrected chi connectivity index (χ1v) is 16.7. The van der Waals surface area contributed by atoms with E-state index in [1.54, 1.807) is 14.2 Å². The van der Waals surface area contributed by atoms with Crippen molar-refractivity contribution < 1.29 is 9.47 Å². The van der Waals surface area contributed by atoms with Gasteiger partial charge in [-0.25, -0.2) is 0 Å². The molecule has 0 aliphatic heterocycles. The molecule has 3 nitrogen and oxygen atoms in total. The number of methoxy groups -OCH3 is 2. The molecule has 0 aliphatic carbocycles. The van der Waals surface area contributed by atoms with Crippen molar-refractivity contribution in [2.75, 3.05) is 14.2 Å². The molecule has 0 saturated heterocycles. The van der Waals surface area contributed by atoms with Gasteiger partial charge in [-0.15, -0.1) is 0 Å². The van der Waals surface area contributed by atoms with Crippen LogP contribution in [0, 0.1) is 0 Å². The van der Waals surface area contributed by atoms with Crippen LogP contribution >= 0.6 is 0 Å². The van der Waals surface area contributed by atoms with E-state index in [1.165, 1.54) is 55.5 Å². The topological polar surface area (TPSA) is 31.4 Å². The van der Waals surface area contributed by atoms with Crippen molar-refractivity contribution in [2.24, 2.45) is 0 Å². The first kappa shape index (κ1) is 20.6. The molecule has 0 unspecified atom stereocenters. The summed E-state index contributed by atoms with van der Waals surface area (Å²) in [5.74, 6) is 1.61. The van der Waals surface area contributed by atoms with Gasteiger partial charge in [0, 0.05) is 0 Å². The molecule has 0 saturated carbocycles. The molecule has 1 rings (SSSR count). The van der Waals surface area contributed by atoms with Gasteiger partial charge in [-0.3, -0.25) is 0 Å². The van der Waals surface area contributed by atoms with E-state index in [1.807, 2.05) is 6.07 Å². The Balaban J connectivity index is 3.26. The first-order chi connectivity index (χ1) is 11.2. The van der Waals surface area contributed by atoms with E-state index in [-0.39, 0.29) is 0 Å². The van der Waals surface area contributed by atoms with Crippen molar-refractivity contribution in [2.45, 2.75) is 72.6 Å². The van der Waals surface area contributed by atoms with E-state index in [2.05, 4.69) is 26.8 Å². The number of hydrogen-bond donors (Lipinski definition) is 0. The first-order valence-electron chi connectivity index (χ1n) is 9.26. The Morgan fingerprint density at radius 3 is 1.74 bits per heavy atom. The Morgan fingerprint density at radius 2 is 1.35 bits per heavy atom. The number of rotatable bonds is 12. The van der Waals surface area contributed by atoms with Crippen molar-refractivity contribution in [1.82, 2.24) is 4.98 Å². The van der Waals surface area contributed by atoms with Crippen LogP contribution in [-0.2, 0) is 0 Å². The zero-order valence-electron chi connectivity index (χ0n) is 15.8. The monoisotopic (exact) mass is 429 g/mol. The molecule has 0 bridgehead atoms. The van der Waals surface area contributed by atoms with Crippen LogP contribution in [0.4, 0.5) is 0 Å². The number of hydrogen-bond acceptors (Lipinski definition) is 3. The third kappa shape index (κ3) is 6.16. The average molecular weight is 428 g/mol. The standard InChI is InChI=1S/C7H8NO2.3C4H9.Sn/c1-9-6-3-4-8-7(5-6)10-2;3*1-3-4-2;/h3,5H,1-2H3;3*1,3-4H2,2H3;. The molecule has 1 aromatic rings. The quantitative estimate of drug-likeness (QED) is 0.432. The Kier molecular flexibility index (Phi) is 10.00. The summed E-state index contributed by atoms with van der Waals surface area (Å²) in [6, 6.07) is 4.12. The Morgan fingerprint density at radius 1 is 0.826 bits per heavy atom. The van der Waals surface area contributed by atoms with Gasteiger partial charge in [0.15, 0.2) is 0 Å². The normalized spacial score (nSPS) is 11.5. The van der Waals surface area contributed by atoms with Crippen molar-refractivity contribution in [3.05, 3.63) is 12.1 Å². The summed E-state index contributed by atoms with van der Waals surface area (Å²) >= 11 is -2.50. The molecule has 0 atom stereocenters. The Labute approximate surface area is 147 Å². The second-order valence-electron chi connectivity index (χ2n) is 6.53. The summed E-state index contributed by atoms with van der Waals surface area (Å²) in [4.78, 5) is 4.92. The van der Waals surface area contributed by atoms with E-state index < -0.39 is 18.4 Å². The van der Waals surface area contributed by atoms with Crippen molar-refractivity contribution in [3.8, 4) is 11.6 Å². The van der Waals surface area contributed by atoms with Crippen molar-refractivity contribution >= 4 is 22.1 Å². The van der Waals surface area contributed by atoms with E-state index in [0.717, 1.165) is 5.75 Å². The average Bonchev–Trinajstić information content (AvgIpc) is 2.60. The third-order valence-corrected chi connectivity index (χ3v) is 19.8. The summed E-state index contributed by atoms with van der Waals surface area (Å²) < 4.78 is 16.6. The fourth-order valence-electron chi connectivity index (χ4n) is 3.28. The predicted octanol–water partition coefficient (Wildman–Crippen LogP) is 5.15. The minimum absolute atomic E-state index is 0.713. The molecule has 4 heteroatoms. The fraction of sp³-hybridized carbons (Fsp3) is 0.737. The van der Waals surface area contributed by atoms with E-state index in [9.17, 15) is 0 Å². The molecule has 0 N–H and O–H groups in total. The SMILES string of the molecule is CCC[CH2][Sn]([CH2]CCC)([CH2]CCC)[c]1cc(OC)cc(OC)n1. The van der Waals surface area contributed by atoms with Gasteiger partial charge in [0.25, 0.3) is 0 Å². The second-order valence-corrected chi connectivity index (χ2v) is 19.6. The van der Waals surface area contributed by atoms with Crippen LogP contribution in [0.1, 0.15) is 59.3 Å². The summed E-state index contributed by atoms with van der Waals surface area (Å²) in [5, 5.41) is 0. The summed E-state index contributed by atoms with van der Waals surface area (Å²) in [7, 11) is 3.44. The van der Waals surface area contributed by atoms with E-state index in [4.69, 9.17) is 14.5 Å². The Bertz CT molecular complexity index is 407. The summed E-state index contributed by atoms with van der Waals surface area (Å²) in [6.45, 7) is 6.90. The molecule has 0 radical (unpaired) electrons. The van der Waals surface area contributed by atoms with Crippen LogP contribution in [0.2, 0.25) is 13.3 Å². The zero-order valence-corrected chi connectivity index (χ0v) is 18.6. The van der Waals surface area contributed by atoms with Crippen molar-refractivity contribution in [3.63, 3.8) is 0 Å². The molecular formula is C19H35NO2Sn. The van der Waals surface area contributed by atoms with Crippen LogP contribution in [-0.4, -0.2) is 37.6 Å². The van der Waals surface area contributed by atoms with Crippen LogP contribution in [0.15, 0.2) is 12.1 Å². The molecule has 0 fully saturated rings. The molecule has 23 heavy (non-hydrogen) atoms. The van der Waals surface area contributed by atoms with Gasteiger partial charge >= 0.3 is 147 Å². The molecule has 1 aromatic heterocycles. The van der Waals surface area contributed by atoms with Crippen LogP contribution in [0.25, 0.3) is 0 Å². The maximum atomic E-state index is 5.52. The van der Waals surface area contributed by atoms with Crippen molar-refractivity contribution in [1.29, 1.82) is 0 Å². The van der Waals surface area contributed by atoms with E-state index >= 15 is 0 Å². The van der Waals surface area contributed by atoms with Gasteiger partial charge in [0.05, 0.1) is 0 Å². The minimum atomic E-state index is -2.50. The number of aromatic nitrogens is 1. The van der Waals surface area contributed by atoms with Gasteiger partial charge < -0.3 is 0 Å². The Hall–Kier alpha value is -0.451. The van der Waals surface area contributed by atoms with Gasteiger partial charge in [0.2, 0.25) is 0 Å². The summed E-state index contributed by atoms with van der Waals surface area (Å²) in [5.41, 5.74) is 0.